The lowest BCUT2D eigenvalue weighted by Gasteiger charge is -2.42. The number of nitriles is 1. The topological polar surface area (TPSA) is 114 Å². The van der Waals surface area contributed by atoms with Crippen molar-refractivity contribution in [3.63, 3.8) is 0 Å². The van der Waals surface area contributed by atoms with Crippen molar-refractivity contribution in [2.75, 3.05) is 32.7 Å². The molecule has 14 heteroatoms. The van der Waals surface area contributed by atoms with Crippen molar-refractivity contribution in [1.29, 1.82) is 5.26 Å². The molecule has 3 fully saturated rings. The Bertz CT molecular complexity index is 1180. The average Bonchev–Trinajstić information content (AvgIpc) is 3.31. The van der Waals surface area contributed by atoms with Gasteiger partial charge < -0.3 is 10.2 Å². The van der Waals surface area contributed by atoms with Gasteiger partial charge in [0.2, 0.25) is 11.6 Å². The van der Waals surface area contributed by atoms with Crippen molar-refractivity contribution in [3.05, 3.63) is 35.4 Å². The van der Waals surface area contributed by atoms with E-state index in [9.17, 15) is 31.2 Å². The summed E-state index contributed by atoms with van der Waals surface area (Å²) in [4.78, 5) is 27.2. The predicted molar refractivity (Wildman–Crippen MR) is 122 cm³/mol. The SMILES string of the molecule is N#CC1CN(S(=O)(=O)N2CCC[C@](F)(C(=O)N3CCC[C@@H]3C(=O)NCc3ccc(C(F)(F)F)cc3)C2)C1. The van der Waals surface area contributed by atoms with E-state index in [1.807, 2.05) is 6.07 Å². The number of benzene rings is 1. The minimum absolute atomic E-state index is 0.0237. The molecule has 1 N–H and O–H groups in total. The molecule has 2 atom stereocenters. The monoisotopic (exact) mass is 545 g/mol. The van der Waals surface area contributed by atoms with Gasteiger partial charge in [-0.3, -0.25) is 9.59 Å². The van der Waals surface area contributed by atoms with E-state index in [0.717, 1.165) is 25.6 Å². The third-order valence-corrected chi connectivity index (χ3v) is 8.95. The van der Waals surface area contributed by atoms with Gasteiger partial charge in [-0.05, 0) is 43.4 Å². The van der Waals surface area contributed by atoms with E-state index >= 15 is 4.39 Å². The van der Waals surface area contributed by atoms with Crippen molar-refractivity contribution >= 4 is 22.0 Å². The lowest BCUT2D eigenvalue weighted by molar-refractivity contribution is -0.150. The number of nitrogens with zero attached hydrogens (tertiary/aromatic N) is 4. The number of amides is 2. The Balaban J connectivity index is 1.38. The van der Waals surface area contributed by atoms with Crippen LogP contribution in [-0.4, -0.2) is 78.2 Å². The van der Waals surface area contributed by atoms with Gasteiger partial charge in [-0.1, -0.05) is 12.1 Å². The van der Waals surface area contributed by atoms with Crippen molar-refractivity contribution in [1.82, 2.24) is 18.8 Å². The largest absolute Gasteiger partial charge is 0.416 e. The van der Waals surface area contributed by atoms with Crippen LogP contribution in [-0.2, 0) is 32.5 Å². The van der Waals surface area contributed by atoms with Gasteiger partial charge in [0, 0.05) is 32.7 Å². The Kier molecular flexibility index (Phi) is 7.51. The van der Waals surface area contributed by atoms with Gasteiger partial charge in [-0.2, -0.15) is 35.5 Å². The maximum atomic E-state index is 16.0. The van der Waals surface area contributed by atoms with Crippen LogP contribution in [0.25, 0.3) is 0 Å². The molecule has 0 aliphatic carbocycles. The molecule has 202 valence electrons. The summed E-state index contributed by atoms with van der Waals surface area (Å²) in [6, 6.07) is 5.31. The van der Waals surface area contributed by atoms with Gasteiger partial charge in [-0.25, -0.2) is 4.39 Å². The summed E-state index contributed by atoms with van der Waals surface area (Å²) in [6.07, 6.45) is -3.81. The normalized spacial score (nSPS) is 25.9. The lowest BCUT2D eigenvalue weighted by atomic mass is 9.94. The molecule has 0 radical (unpaired) electrons. The highest BCUT2D eigenvalue weighted by Gasteiger charge is 2.52. The maximum Gasteiger partial charge on any atom is 0.416 e. The first-order valence-electron chi connectivity index (χ1n) is 11.9. The van der Waals surface area contributed by atoms with Gasteiger partial charge >= 0.3 is 6.18 Å². The molecular formula is C23H27F4N5O4S. The second kappa shape index (κ2) is 10.2. The molecule has 1 aromatic carbocycles. The summed E-state index contributed by atoms with van der Waals surface area (Å²) in [5.41, 5.74) is -2.89. The van der Waals surface area contributed by atoms with Crippen LogP contribution in [0.3, 0.4) is 0 Å². The van der Waals surface area contributed by atoms with E-state index in [1.54, 1.807) is 0 Å². The van der Waals surface area contributed by atoms with E-state index in [1.165, 1.54) is 12.1 Å². The molecule has 37 heavy (non-hydrogen) atoms. The molecule has 2 amide bonds. The molecule has 0 spiro atoms. The maximum absolute atomic E-state index is 16.0. The minimum atomic E-state index is -4.48. The highest BCUT2D eigenvalue weighted by Crippen LogP contribution is 2.34. The van der Waals surface area contributed by atoms with Gasteiger partial charge in [0.15, 0.2) is 0 Å². The van der Waals surface area contributed by atoms with Crippen LogP contribution in [0.15, 0.2) is 24.3 Å². The number of likely N-dealkylation sites (tertiary alicyclic amines) is 1. The van der Waals surface area contributed by atoms with Gasteiger partial charge in [0.25, 0.3) is 16.1 Å². The molecule has 3 aliphatic rings. The van der Waals surface area contributed by atoms with Crippen LogP contribution in [0.5, 0.6) is 0 Å². The van der Waals surface area contributed by atoms with Crippen LogP contribution < -0.4 is 5.32 Å². The van der Waals surface area contributed by atoms with Crippen LogP contribution >= 0.6 is 0 Å². The van der Waals surface area contributed by atoms with E-state index < -0.39 is 57.9 Å². The molecule has 4 rings (SSSR count). The van der Waals surface area contributed by atoms with Crippen LogP contribution in [0.1, 0.15) is 36.8 Å². The Morgan fingerprint density at radius 2 is 1.78 bits per heavy atom. The highest BCUT2D eigenvalue weighted by atomic mass is 32.2. The average molecular weight is 546 g/mol. The fraction of sp³-hybridized carbons (Fsp3) is 0.609. The summed E-state index contributed by atoms with van der Waals surface area (Å²) >= 11 is 0. The molecule has 0 aromatic heterocycles. The number of hydrogen-bond acceptors (Lipinski definition) is 5. The summed E-state index contributed by atoms with van der Waals surface area (Å²) in [6.45, 7) is -0.510. The predicted octanol–water partition coefficient (Wildman–Crippen LogP) is 1.82. The first-order chi connectivity index (χ1) is 17.3. The molecule has 3 heterocycles. The van der Waals surface area contributed by atoms with Gasteiger partial charge in [-0.15, -0.1) is 0 Å². The zero-order chi connectivity index (χ0) is 27.0. The zero-order valence-electron chi connectivity index (χ0n) is 19.9. The number of halogens is 4. The number of carbonyl (C=O) groups is 2. The summed E-state index contributed by atoms with van der Waals surface area (Å²) < 4.78 is 81.9. The first kappa shape index (κ1) is 27.3. The zero-order valence-corrected chi connectivity index (χ0v) is 20.7. The Hall–Kier alpha value is -2.76. The third-order valence-electron chi connectivity index (χ3n) is 7.04. The van der Waals surface area contributed by atoms with E-state index in [0.29, 0.717) is 12.0 Å². The van der Waals surface area contributed by atoms with Crippen molar-refractivity contribution in [2.45, 2.75) is 50.1 Å². The summed E-state index contributed by atoms with van der Waals surface area (Å²) in [5, 5.41) is 11.5. The van der Waals surface area contributed by atoms with Crippen LogP contribution in [0, 0.1) is 17.2 Å². The number of nitrogens with one attached hydrogen (secondary N) is 1. The van der Waals surface area contributed by atoms with Crippen molar-refractivity contribution in [2.24, 2.45) is 5.92 Å². The van der Waals surface area contributed by atoms with Crippen molar-refractivity contribution < 1.29 is 35.6 Å². The first-order valence-corrected chi connectivity index (χ1v) is 13.3. The smallest absolute Gasteiger partial charge is 0.350 e. The van der Waals surface area contributed by atoms with Gasteiger partial charge in [0.05, 0.1) is 24.1 Å². The Morgan fingerprint density at radius 3 is 2.41 bits per heavy atom. The third kappa shape index (κ3) is 5.58. The van der Waals surface area contributed by atoms with E-state index in [4.69, 9.17) is 5.26 Å². The van der Waals surface area contributed by atoms with Gasteiger partial charge in [0.1, 0.15) is 6.04 Å². The quantitative estimate of drug-likeness (QED) is 0.548. The lowest BCUT2D eigenvalue weighted by Crippen LogP contribution is -2.62. The number of carbonyl (C=O) groups excluding carboxylic acids is 2. The van der Waals surface area contributed by atoms with E-state index in [2.05, 4.69) is 5.32 Å². The standard InChI is InChI=1S/C23H27F4N5O4S/c24-22(8-2-9-30(15-22)37(35,36)31-13-17(11-28)14-31)21(34)32-10-1-3-19(32)20(33)29-12-16-4-6-18(7-5-16)23(25,26)27/h4-7,17,19H,1-3,8-10,12-15H2,(H,29,33)/t19-,22-/m1/s1. The van der Waals surface area contributed by atoms with Crippen LogP contribution in [0.2, 0.25) is 0 Å². The molecule has 0 saturated carbocycles. The number of piperidine rings is 1. The van der Waals surface area contributed by atoms with E-state index in [-0.39, 0.29) is 52.0 Å². The fourth-order valence-electron chi connectivity index (χ4n) is 4.87. The summed E-state index contributed by atoms with van der Waals surface area (Å²) in [5.74, 6) is -1.92. The Morgan fingerprint density at radius 1 is 1.11 bits per heavy atom. The molecule has 3 aliphatic heterocycles. The van der Waals surface area contributed by atoms with Crippen LogP contribution in [0.4, 0.5) is 17.6 Å². The number of hydrogen-bond donors (Lipinski definition) is 1. The molecule has 1 aromatic rings. The van der Waals surface area contributed by atoms with Crippen molar-refractivity contribution in [3.8, 4) is 6.07 Å². The molecular weight excluding hydrogens is 518 g/mol. The number of rotatable bonds is 6. The highest BCUT2D eigenvalue weighted by molar-refractivity contribution is 7.86. The molecule has 9 nitrogen and oxygen atoms in total. The molecule has 0 unspecified atom stereocenters. The second-order valence-corrected chi connectivity index (χ2v) is 11.6. The molecule has 3 saturated heterocycles. The minimum Gasteiger partial charge on any atom is -0.350 e. The second-order valence-electron chi connectivity index (χ2n) is 9.62. The molecule has 0 bridgehead atoms. The number of alkyl halides is 4. The summed E-state index contributed by atoms with van der Waals surface area (Å²) in [7, 11) is -4.02. The fourth-order valence-corrected chi connectivity index (χ4v) is 6.67. The Labute approximate surface area is 212 Å².